The Morgan fingerprint density at radius 3 is 2.61 bits per heavy atom. The van der Waals surface area contributed by atoms with Crippen molar-refractivity contribution in [3.8, 4) is 0 Å². The van der Waals surface area contributed by atoms with E-state index in [4.69, 9.17) is 17.3 Å². The number of aryl methyl sites for hydroxylation is 1. The third-order valence-corrected chi connectivity index (χ3v) is 4.02. The first-order chi connectivity index (χ1) is 11.0. The molecule has 1 fully saturated rings. The van der Waals surface area contributed by atoms with Gasteiger partial charge in [0.15, 0.2) is 11.5 Å². The summed E-state index contributed by atoms with van der Waals surface area (Å²) in [4.78, 5) is 34.4. The number of nitrogens with one attached hydrogen (secondary N) is 1. The molecule has 0 bridgehead atoms. The van der Waals surface area contributed by atoms with Crippen molar-refractivity contribution in [1.82, 2.24) is 24.4 Å². The van der Waals surface area contributed by atoms with Crippen molar-refractivity contribution in [3.63, 3.8) is 0 Å². The molecule has 3 rings (SSSR count). The van der Waals surface area contributed by atoms with Gasteiger partial charge in [0.05, 0.1) is 0 Å². The van der Waals surface area contributed by atoms with Gasteiger partial charge in [0, 0.05) is 32.7 Å². The first-order valence-corrected chi connectivity index (χ1v) is 7.81. The molecule has 0 aromatic carbocycles. The summed E-state index contributed by atoms with van der Waals surface area (Å²) in [5.41, 5.74) is 5.84. The van der Waals surface area contributed by atoms with Crippen LogP contribution in [0.25, 0.3) is 11.2 Å². The van der Waals surface area contributed by atoms with Gasteiger partial charge in [0.25, 0.3) is 0 Å². The molecule has 9 nitrogen and oxygen atoms in total. The lowest BCUT2D eigenvalue weighted by Gasteiger charge is -2.28. The number of carbonyl (C=O) groups excluding carboxylic acids is 1. The second kappa shape index (κ2) is 6.17. The minimum atomic E-state index is -0.610. The van der Waals surface area contributed by atoms with Crippen LogP contribution in [0.2, 0.25) is 5.28 Å². The molecule has 3 heterocycles. The third kappa shape index (κ3) is 2.77. The Bertz CT molecular complexity index is 807. The summed E-state index contributed by atoms with van der Waals surface area (Å²) in [6, 6.07) is 0. The van der Waals surface area contributed by atoms with Gasteiger partial charge >= 0.3 is 5.69 Å². The lowest BCUT2D eigenvalue weighted by Crippen LogP contribution is -2.44. The largest absolute Gasteiger partial charge is 0.368 e. The Balaban J connectivity index is 2.28. The standard InChI is InChI=1S/C13H18ClN7O2/c1-2-20-9-10(19-5-3-16-4-6-19)17-12(14)18-11(9)21(13(20)23)7-8(15)22/h16H,2-7H2,1H3,(H2,15,22). The van der Waals surface area contributed by atoms with E-state index < -0.39 is 5.91 Å². The number of anilines is 1. The zero-order valence-corrected chi connectivity index (χ0v) is 13.5. The number of amides is 1. The summed E-state index contributed by atoms with van der Waals surface area (Å²) in [6.07, 6.45) is 0. The quantitative estimate of drug-likeness (QED) is 0.703. The van der Waals surface area contributed by atoms with E-state index in [9.17, 15) is 9.59 Å². The Morgan fingerprint density at radius 1 is 1.30 bits per heavy atom. The summed E-state index contributed by atoms with van der Waals surface area (Å²) >= 11 is 6.05. The molecule has 0 atom stereocenters. The Kier molecular flexibility index (Phi) is 4.22. The number of nitrogens with two attached hydrogens (primary N) is 1. The monoisotopic (exact) mass is 339 g/mol. The predicted octanol–water partition coefficient (Wildman–Crippen LogP) is -0.839. The lowest BCUT2D eigenvalue weighted by atomic mass is 10.3. The number of piperazine rings is 1. The fourth-order valence-corrected chi connectivity index (χ4v) is 3.02. The van der Waals surface area contributed by atoms with Gasteiger partial charge < -0.3 is 16.0 Å². The third-order valence-electron chi connectivity index (χ3n) is 3.85. The number of nitrogens with zero attached hydrogens (tertiary/aromatic N) is 5. The van der Waals surface area contributed by atoms with Crippen molar-refractivity contribution in [2.24, 2.45) is 5.73 Å². The second-order valence-electron chi connectivity index (χ2n) is 5.30. The van der Waals surface area contributed by atoms with Crippen LogP contribution in [0.3, 0.4) is 0 Å². The van der Waals surface area contributed by atoms with Crippen molar-refractivity contribution in [2.45, 2.75) is 20.0 Å². The van der Waals surface area contributed by atoms with E-state index in [1.54, 1.807) is 4.57 Å². The van der Waals surface area contributed by atoms with Crippen molar-refractivity contribution in [2.75, 3.05) is 31.1 Å². The number of hydrogen-bond acceptors (Lipinski definition) is 6. The highest BCUT2D eigenvalue weighted by atomic mass is 35.5. The molecule has 1 saturated heterocycles. The predicted molar refractivity (Wildman–Crippen MR) is 86.7 cm³/mol. The SMILES string of the molecule is CCn1c(=O)n(CC(N)=O)c2nc(Cl)nc(N3CCNCC3)c21. The van der Waals surface area contributed by atoms with Crippen molar-refractivity contribution in [1.29, 1.82) is 0 Å². The number of primary amides is 1. The van der Waals surface area contributed by atoms with Gasteiger partial charge in [0.1, 0.15) is 12.1 Å². The van der Waals surface area contributed by atoms with Gasteiger partial charge in [-0.1, -0.05) is 0 Å². The van der Waals surface area contributed by atoms with Crippen LogP contribution in [0, 0.1) is 0 Å². The van der Waals surface area contributed by atoms with Crippen LogP contribution in [0.5, 0.6) is 0 Å². The van der Waals surface area contributed by atoms with Crippen LogP contribution < -0.4 is 21.6 Å². The fourth-order valence-electron chi connectivity index (χ4n) is 2.86. The van der Waals surface area contributed by atoms with Gasteiger partial charge in [-0.25, -0.2) is 4.79 Å². The van der Waals surface area contributed by atoms with Crippen LogP contribution in [0.1, 0.15) is 6.92 Å². The number of fused-ring (bicyclic) bond motifs is 1. The Hall–Kier alpha value is -2.13. The molecule has 0 spiro atoms. The van der Waals surface area contributed by atoms with Gasteiger partial charge in [-0.05, 0) is 18.5 Å². The highest BCUT2D eigenvalue weighted by molar-refractivity contribution is 6.28. The van der Waals surface area contributed by atoms with Gasteiger partial charge in [0.2, 0.25) is 11.2 Å². The first-order valence-electron chi connectivity index (χ1n) is 7.43. The topological polar surface area (TPSA) is 111 Å². The van der Waals surface area contributed by atoms with E-state index in [-0.39, 0.29) is 17.5 Å². The first kappa shape index (κ1) is 15.8. The number of aromatic nitrogens is 4. The number of rotatable bonds is 4. The molecule has 0 unspecified atom stereocenters. The van der Waals surface area contributed by atoms with Gasteiger partial charge in [-0.3, -0.25) is 13.9 Å². The summed E-state index contributed by atoms with van der Waals surface area (Å²) in [5.74, 6) is 0.00406. The molecule has 0 radical (unpaired) electrons. The molecule has 124 valence electrons. The van der Waals surface area contributed by atoms with Crippen LogP contribution in [0.4, 0.5) is 5.82 Å². The molecule has 23 heavy (non-hydrogen) atoms. The van der Waals surface area contributed by atoms with E-state index in [2.05, 4.69) is 20.2 Å². The number of carbonyl (C=O) groups is 1. The van der Waals surface area contributed by atoms with E-state index >= 15 is 0 Å². The van der Waals surface area contributed by atoms with Crippen LogP contribution >= 0.6 is 11.6 Å². The van der Waals surface area contributed by atoms with E-state index in [1.807, 2.05) is 6.92 Å². The highest BCUT2D eigenvalue weighted by Gasteiger charge is 2.24. The molecular weight excluding hydrogens is 322 g/mol. The smallest absolute Gasteiger partial charge is 0.330 e. The number of imidazole rings is 1. The van der Waals surface area contributed by atoms with Gasteiger partial charge in [-0.2, -0.15) is 9.97 Å². The second-order valence-corrected chi connectivity index (χ2v) is 5.64. The minimum absolute atomic E-state index is 0.0394. The number of hydrogen-bond donors (Lipinski definition) is 2. The number of halogens is 1. The maximum atomic E-state index is 12.6. The Morgan fingerprint density at radius 2 is 2.00 bits per heavy atom. The summed E-state index contributed by atoms with van der Waals surface area (Å²) in [7, 11) is 0. The van der Waals surface area contributed by atoms with Crippen molar-refractivity contribution in [3.05, 3.63) is 15.8 Å². The molecule has 2 aromatic heterocycles. The average molecular weight is 340 g/mol. The highest BCUT2D eigenvalue weighted by Crippen LogP contribution is 2.25. The molecule has 10 heteroatoms. The molecule has 1 aliphatic heterocycles. The van der Waals surface area contributed by atoms with E-state index in [0.29, 0.717) is 23.5 Å². The maximum Gasteiger partial charge on any atom is 0.330 e. The maximum absolute atomic E-state index is 12.6. The molecule has 2 aromatic rings. The normalized spacial score (nSPS) is 15.3. The summed E-state index contributed by atoms with van der Waals surface area (Å²) < 4.78 is 2.80. The minimum Gasteiger partial charge on any atom is -0.368 e. The molecular formula is C13H18ClN7O2. The zero-order valence-electron chi connectivity index (χ0n) is 12.8. The fraction of sp³-hybridized carbons (Fsp3) is 0.538. The van der Waals surface area contributed by atoms with Gasteiger partial charge in [-0.15, -0.1) is 0 Å². The lowest BCUT2D eigenvalue weighted by molar-refractivity contribution is -0.118. The molecule has 0 aliphatic carbocycles. The van der Waals surface area contributed by atoms with Crippen LogP contribution in [-0.4, -0.2) is 51.2 Å². The van der Waals surface area contributed by atoms with Crippen LogP contribution in [0.15, 0.2) is 4.79 Å². The summed E-state index contributed by atoms with van der Waals surface area (Å²) in [6.45, 7) is 5.19. The molecule has 1 amide bonds. The summed E-state index contributed by atoms with van der Waals surface area (Å²) in [5, 5.41) is 3.30. The zero-order chi connectivity index (χ0) is 16.6. The average Bonchev–Trinajstić information content (AvgIpc) is 2.79. The molecule has 0 saturated carbocycles. The van der Waals surface area contributed by atoms with E-state index in [1.165, 1.54) is 4.57 Å². The van der Waals surface area contributed by atoms with Crippen molar-refractivity contribution >= 4 is 34.5 Å². The van der Waals surface area contributed by atoms with Crippen LogP contribution in [-0.2, 0) is 17.9 Å². The Labute approximate surface area is 137 Å². The van der Waals surface area contributed by atoms with Crippen molar-refractivity contribution < 1.29 is 4.79 Å². The molecule has 1 aliphatic rings. The molecule has 3 N–H and O–H groups in total. The van der Waals surface area contributed by atoms with E-state index in [0.717, 1.165) is 26.2 Å².